The molecule has 0 saturated heterocycles. The van der Waals surface area contributed by atoms with Gasteiger partial charge in [0.05, 0.1) is 24.5 Å². The number of nitrogens with zero attached hydrogens (tertiary/aromatic N) is 2. The van der Waals surface area contributed by atoms with Gasteiger partial charge in [0.1, 0.15) is 5.75 Å². The van der Waals surface area contributed by atoms with Crippen LogP contribution in [0.1, 0.15) is 5.56 Å². The zero-order chi connectivity index (χ0) is 15.4. The predicted molar refractivity (Wildman–Crippen MR) is 91.0 cm³/mol. The van der Waals surface area contributed by atoms with Crippen LogP contribution < -0.4 is 10.2 Å². The largest absolute Gasteiger partial charge is 0.497 e. The van der Waals surface area contributed by atoms with E-state index in [-0.39, 0.29) is 0 Å². The van der Waals surface area contributed by atoms with Crippen LogP contribution in [0.4, 0.5) is 5.69 Å². The van der Waals surface area contributed by atoms with Crippen molar-refractivity contribution in [2.75, 3.05) is 12.5 Å². The monoisotopic (exact) mass is 311 g/mol. The molecule has 3 aromatic rings. The number of benzene rings is 2. The van der Waals surface area contributed by atoms with E-state index >= 15 is 0 Å². The molecule has 0 atom stereocenters. The number of methoxy groups -OCH3 is 1. The summed E-state index contributed by atoms with van der Waals surface area (Å²) in [7, 11) is 1.64. The second-order valence-corrected chi connectivity index (χ2v) is 5.10. The number of ether oxygens (including phenoxy) is 1. The lowest BCUT2D eigenvalue weighted by molar-refractivity contribution is 0.415. The second kappa shape index (κ2) is 6.45. The van der Waals surface area contributed by atoms with E-state index in [9.17, 15) is 0 Å². The number of nitrogens with one attached hydrogen (secondary N) is 1. The third-order valence-electron chi connectivity index (χ3n) is 3.20. The van der Waals surface area contributed by atoms with Gasteiger partial charge in [0.15, 0.2) is 0 Å². The number of hydrazone groups is 1. The molecular weight excluding hydrogens is 298 g/mol. The number of hydrogen-bond donors (Lipinski definition) is 1. The molecule has 22 heavy (non-hydrogen) atoms. The first kappa shape index (κ1) is 14.4. The highest BCUT2D eigenvalue weighted by Crippen LogP contribution is 2.25. The van der Waals surface area contributed by atoms with Crippen LogP contribution in [0, 0.1) is 0 Å². The van der Waals surface area contributed by atoms with Crippen LogP contribution in [-0.2, 0) is 0 Å². The molecule has 0 amide bonds. The SMILES string of the molecule is COc1ccc2c(N/N=C/c3cccc(Cl)c3)ccnc2c1. The first-order chi connectivity index (χ1) is 10.8. The lowest BCUT2D eigenvalue weighted by Gasteiger charge is -2.06. The number of anilines is 1. The van der Waals surface area contributed by atoms with Crippen molar-refractivity contribution in [1.82, 2.24) is 4.98 Å². The molecule has 110 valence electrons. The fraction of sp³-hybridized carbons (Fsp3) is 0.0588. The molecule has 0 radical (unpaired) electrons. The summed E-state index contributed by atoms with van der Waals surface area (Å²) in [5.41, 5.74) is 5.70. The van der Waals surface area contributed by atoms with E-state index in [0.717, 1.165) is 27.9 Å². The Bertz CT molecular complexity index is 833. The average molecular weight is 312 g/mol. The third kappa shape index (κ3) is 3.18. The Labute approximate surface area is 133 Å². The molecule has 0 aliphatic carbocycles. The highest BCUT2D eigenvalue weighted by atomic mass is 35.5. The van der Waals surface area contributed by atoms with Crippen molar-refractivity contribution in [3.05, 3.63) is 65.3 Å². The van der Waals surface area contributed by atoms with E-state index in [4.69, 9.17) is 16.3 Å². The van der Waals surface area contributed by atoms with Gasteiger partial charge in [0, 0.05) is 22.7 Å². The zero-order valence-corrected chi connectivity index (χ0v) is 12.7. The Kier molecular flexibility index (Phi) is 4.21. The molecule has 1 aromatic heterocycles. The van der Waals surface area contributed by atoms with Gasteiger partial charge < -0.3 is 4.74 Å². The number of hydrogen-bond acceptors (Lipinski definition) is 4. The Morgan fingerprint density at radius 2 is 2.09 bits per heavy atom. The van der Waals surface area contributed by atoms with Crippen LogP contribution in [0.3, 0.4) is 0 Å². The van der Waals surface area contributed by atoms with Gasteiger partial charge in [0.25, 0.3) is 0 Å². The van der Waals surface area contributed by atoms with Crippen molar-refractivity contribution >= 4 is 34.4 Å². The molecule has 0 unspecified atom stereocenters. The van der Waals surface area contributed by atoms with E-state index < -0.39 is 0 Å². The van der Waals surface area contributed by atoms with Gasteiger partial charge in [-0.3, -0.25) is 10.4 Å². The van der Waals surface area contributed by atoms with Crippen LogP contribution in [-0.4, -0.2) is 18.3 Å². The molecule has 1 N–H and O–H groups in total. The summed E-state index contributed by atoms with van der Waals surface area (Å²) in [6, 6.07) is 15.1. The molecular formula is C17H14ClN3O. The smallest absolute Gasteiger partial charge is 0.121 e. The van der Waals surface area contributed by atoms with Crippen LogP contribution in [0.5, 0.6) is 5.75 Å². The summed E-state index contributed by atoms with van der Waals surface area (Å²) < 4.78 is 5.21. The molecule has 1 heterocycles. The maximum absolute atomic E-state index is 5.95. The maximum atomic E-state index is 5.95. The highest BCUT2D eigenvalue weighted by molar-refractivity contribution is 6.30. The normalized spacial score (nSPS) is 11.0. The Hall–Kier alpha value is -2.59. The first-order valence-corrected chi connectivity index (χ1v) is 7.11. The number of aromatic nitrogens is 1. The van der Waals surface area contributed by atoms with Gasteiger partial charge in [0.2, 0.25) is 0 Å². The van der Waals surface area contributed by atoms with Crippen molar-refractivity contribution in [3.8, 4) is 5.75 Å². The van der Waals surface area contributed by atoms with Crippen LogP contribution >= 0.6 is 11.6 Å². The van der Waals surface area contributed by atoms with Crippen LogP contribution in [0.25, 0.3) is 10.9 Å². The number of halogens is 1. The van der Waals surface area contributed by atoms with Crippen molar-refractivity contribution in [2.45, 2.75) is 0 Å². The number of pyridine rings is 1. The molecule has 0 fully saturated rings. The molecule has 5 heteroatoms. The van der Waals surface area contributed by atoms with Gasteiger partial charge in [-0.2, -0.15) is 5.10 Å². The lowest BCUT2D eigenvalue weighted by Crippen LogP contribution is -1.93. The summed E-state index contributed by atoms with van der Waals surface area (Å²) in [5.74, 6) is 0.777. The minimum Gasteiger partial charge on any atom is -0.497 e. The predicted octanol–water partition coefficient (Wildman–Crippen LogP) is 4.34. The van der Waals surface area contributed by atoms with E-state index in [1.165, 1.54) is 0 Å². The molecule has 2 aromatic carbocycles. The van der Waals surface area contributed by atoms with Crippen molar-refractivity contribution in [1.29, 1.82) is 0 Å². The number of rotatable bonds is 4. The molecule has 0 aliphatic heterocycles. The summed E-state index contributed by atoms with van der Waals surface area (Å²) in [6.07, 6.45) is 3.46. The van der Waals surface area contributed by atoms with E-state index in [1.54, 1.807) is 19.5 Å². The number of fused-ring (bicyclic) bond motifs is 1. The first-order valence-electron chi connectivity index (χ1n) is 6.74. The summed E-state index contributed by atoms with van der Waals surface area (Å²) in [4.78, 5) is 4.34. The molecule has 0 spiro atoms. The van der Waals surface area contributed by atoms with Crippen molar-refractivity contribution in [3.63, 3.8) is 0 Å². The van der Waals surface area contributed by atoms with Gasteiger partial charge in [-0.25, -0.2) is 0 Å². The maximum Gasteiger partial charge on any atom is 0.121 e. The topological polar surface area (TPSA) is 46.5 Å². The second-order valence-electron chi connectivity index (χ2n) is 4.67. The van der Waals surface area contributed by atoms with Gasteiger partial charge in [-0.15, -0.1) is 0 Å². The van der Waals surface area contributed by atoms with Crippen molar-refractivity contribution in [2.24, 2.45) is 5.10 Å². The van der Waals surface area contributed by atoms with E-state index in [1.807, 2.05) is 48.5 Å². The third-order valence-corrected chi connectivity index (χ3v) is 3.43. The van der Waals surface area contributed by atoms with Crippen LogP contribution in [0.15, 0.2) is 59.8 Å². The van der Waals surface area contributed by atoms with Gasteiger partial charge in [-0.05, 0) is 35.9 Å². The quantitative estimate of drug-likeness (QED) is 0.576. The fourth-order valence-electron chi connectivity index (χ4n) is 2.12. The minimum atomic E-state index is 0.686. The Morgan fingerprint density at radius 1 is 1.18 bits per heavy atom. The van der Waals surface area contributed by atoms with E-state index in [2.05, 4.69) is 15.5 Å². The summed E-state index contributed by atoms with van der Waals surface area (Å²) in [6.45, 7) is 0. The lowest BCUT2D eigenvalue weighted by atomic mass is 10.2. The molecule has 4 nitrogen and oxygen atoms in total. The van der Waals surface area contributed by atoms with Gasteiger partial charge in [-0.1, -0.05) is 23.7 Å². The zero-order valence-electron chi connectivity index (χ0n) is 12.0. The minimum absolute atomic E-state index is 0.686. The molecule has 0 aliphatic rings. The highest BCUT2D eigenvalue weighted by Gasteiger charge is 2.02. The standard InChI is InChI=1S/C17H14ClN3O/c1-22-14-5-6-15-16(7-8-19-17(15)10-14)21-20-11-12-3-2-4-13(18)9-12/h2-11H,1H3,(H,19,21)/b20-11+. The fourth-order valence-corrected chi connectivity index (χ4v) is 2.31. The van der Waals surface area contributed by atoms with E-state index in [0.29, 0.717) is 5.02 Å². The summed E-state index contributed by atoms with van der Waals surface area (Å²) >= 11 is 5.95. The average Bonchev–Trinajstić information content (AvgIpc) is 2.54. The van der Waals surface area contributed by atoms with Crippen molar-refractivity contribution < 1.29 is 4.74 Å². The van der Waals surface area contributed by atoms with Crippen LogP contribution in [0.2, 0.25) is 5.02 Å². The Balaban J connectivity index is 1.85. The Morgan fingerprint density at radius 3 is 2.91 bits per heavy atom. The summed E-state index contributed by atoms with van der Waals surface area (Å²) in [5, 5.41) is 5.92. The molecule has 0 bridgehead atoms. The van der Waals surface area contributed by atoms with Gasteiger partial charge >= 0.3 is 0 Å². The molecule has 0 saturated carbocycles. The molecule has 3 rings (SSSR count).